The molecular formula is C17H20ClNO4. The van der Waals surface area contributed by atoms with Crippen molar-refractivity contribution in [3.05, 3.63) is 45.6 Å². The summed E-state index contributed by atoms with van der Waals surface area (Å²) < 4.78 is 10.1. The molecule has 6 heteroatoms. The van der Waals surface area contributed by atoms with Gasteiger partial charge in [-0.15, -0.1) is 0 Å². The maximum atomic E-state index is 11.5. The first-order chi connectivity index (χ1) is 11.1. The quantitative estimate of drug-likeness (QED) is 0.584. The second-order valence-corrected chi connectivity index (χ2v) is 5.62. The Morgan fingerprint density at radius 1 is 1.22 bits per heavy atom. The molecule has 0 amide bonds. The molecule has 1 aromatic heterocycles. The van der Waals surface area contributed by atoms with Crippen molar-refractivity contribution >= 4 is 17.6 Å². The van der Waals surface area contributed by atoms with Crippen LogP contribution in [-0.2, 0) is 16.0 Å². The first kappa shape index (κ1) is 17.3. The Bertz CT molecular complexity index is 687. The van der Waals surface area contributed by atoms with E-state index in [-0.39, 0.29) is 5.97 Å². The van der Waals surface area contributed by atoms with E-state index in [1.54, 1.807) is 19.1 Å². The first-order valence-electron chi connectivity index (χ1n) is 7.73. The molecule has 0 aliphatic rings. The van der Waals surface area contributed by atoms with E-state index < -0.39 is 5.76 Å². The molecule has 0 radical (unpaired) electrons. The summed E-state index contributed by atoms with van der Waals surface area (Å²) >= 11 is 5.88. The lowest BCUT2D eigenvalue weighted by molar-refractivity contribution is -0.143. The molecule has 5 nitrogen and oxygen atoms in total. The van der Waals surface area contributed by atoms with Gasteiger partial charge >= 0.3 is 11.7 Å². The van der Waals surface area contributed by atoms with E-state index in [9.17, 15) is 9.59 Å². The van der Waals surface area contributed by atoms with Gasteiger partial charge in [0.05, 0.1) is 12.3 Å². The van der Waals surface area contributed by atoms with Gasteiger partial charge in [0.1, 0.15) is 5.76 Å². The summed E-state index contributed by atoms with van der Waals surface area (Å²) in [7, 11) is 0. The summed E-state index contributed by atoms with van der Waals surface area (Å²) in [6, 6.07) is 7.22. The van der Waals surface area contributed by atoms with E-state index in [0.29, 0.717) is 35.9 Å². The Kier molecular flexibility index (Phi) is 6.47. The maximum Gasteiger partial charge on any atom is 0.416 e. The number of aromatic nitrogens is 1. The molecule has 0 saturated carbocycles. The van der Waals surface area contributed by atoms with Gasteiger partial charge in [0, 0.05) is 23.4 Å². The fraction of sp³-hybridized carbons (Fsp3) is 0.412. The molecule has 2 aromatic rings. The van der Waals surface area contributed by atoms with Crippen molar-refractivity contribution in [2.75, 3.05) is 6.61 Å². The van der Waals surface area contributed by atoms with Crippen LogP contribution < -0.4 is 5.76 Å². The number of benzene rings is 1. The molecule has 0 aliphatic carbocycles. The van der Waals surface area contributed by atoms with E-state index in [1.165, 1.54) is 0 Å². The number of H-pyrrole nitrogens is 1. The number of carbonyl (C=O) groups is 1. The highest BCUT2D eigenvalue weighted by Gasteiger charge is 2.12. The number of oxazole rings is 1. The monoisotopic (exact) mass is 337 g/mol. The Labute approximate surface area is 139 Å². The number of unbranched alkanes of at least 4 members (excludes halogenated alkanes) is 2. The van der Waals surface area contributed by atoms with Crippen molar-refractivity contribution in [2.45, 2.75) is 39.0 Å². The highest BCUT2D eigenvalue weighted by Crippen LogP contribution is 2.24. The topological polar surface area (TPSA) is 72.3 Å². The number of esters is 1. The maximum absolute atomic E-state index is 11.5. The molecule has 0 atom stereocenters. The lowest BCUT2D eigenvalue weighted by Crippen LogP contribution is -2.03. The van der Waals surface area contributed by atoms with Crippen LogP contribution >= 0.6 is 11.6 Å². The molecule has 23 heavy (non-hydrogen) atoms. The molecule has 0 fully saturated rings. The zero-order valence-corrected chi connectivity index (χ0v) is 13.8. The average molecular weight is 338 g/mol. The second-order valence-electron chi connectivity index (χ2n) is 5.19. The minimum absolute atomic E-state index is 0.164. The van der Waals surface area contributed by atoms with Crippen LogP contribution in [0.1, 0.15) is 38.4 Å². The number of hydrogen-bond acceptors (Lipinski definition) is 4. The fourth-order valence-electron chi connectivity index (χ4n) is 2.35. The molecular weight excluding hydrogens is 318 g/mol. The molecule has 2 rings (SSSR count). The van der Waals surface area contributed by atoms with Crippen molar-refractivity contribution in [1.29, 1.82) is 0 Å². The summed E-state index contributed by atoms with van der Waals surface area (Å²) in [5.74, 6) is 0.00691. The Balaban J connectivity index is 1.90. The number of ether oxygens (including phenoxy) is 1. The van der Waals surface area contributed by atoms with Crippen LogP contribution in [0.3, 0.4) is 0 Å². The Hall–Kier alpha value is -2.01. The van der Waals surface area contributed by atoms with E-state index in [4.69, 9.17) is 20.8 Å². The standard InChI is InChI=1S/C17H20ClNO4/c1-2-22-15(20)7-5-3-4-6-14-16(19-17(21)23-14)12-8-10-13(18)11-9-12/h8-11H,2-7H2,1H3,(H,19,21). The predicted molar refractivity (Wildman–Crippen MR) is 88.6 cm³/mol. The van der Waals surface area contributed by atoms with Crippen molar-refractivity contribution in [1.82, 2.24) is 4.98 Å². The van der Waals surface area contributed by atoms with Crippen molar-refractivity contribution in [3.8, 4) is 11.3 Å². The fourth-order valence-corrected chi connectivity index (χ4v) is 2.48. The largest absolute Gasteiger partial charge is 0.466 e. The molecule has 0 bridgehead atoms. The molecule has 1 heterocycles. The van der Waals surface area contributed by atoms with Crippen molar-refractivity contribution < 1.29 is 13.9 Å². The summed E-state index contributed by atoms with van der Waals surface area (Å²) in [5, 5.41) is 0.639. The summed E-state index contributed by atoms with van der Waals surface area (Å²) in [6.07, 6.45) is 3.53. The highest BCUT2D eigenvalue weighted by atomic mass is 35.5. The summed E-state index contributed by atoms with van der Waals surface area (Å²) in [5.41, 5.74) is 1.55. The van der Waals surface area contributed by atoms with Gasteiger partial charge in [0.15, 0.2) is 0 Å². The molecule has 0 saturated heterocycles. The molecule has 0 aliphatic heterocycles. The van der Waals surface area contributed by atoms with E-state index in [2.05, 4.69) is 4.98 Å². The number of halogens is 1. The number of rotatable bonds is 8. The molecule has 0 unspecified atom stereocenters. The Morgan fingerprint density at radius 3 is 2.65 bits per heavy atom. The van der Waals surface area contributed by atoms with Gasteiger partial charge in [0.25, 0.3) is 0 Å². The SMILES string of the molecule is CCOC(=O)CCCCCc1oc(=O)[nH]c1-c1ccc(Cl)cc1. The van der Waals surface area contributed by atoms with Gasteiger partial charge in [-0.05, 0) is 31.9 Å². The second kappa shape index (κ2) is 8.58. The van der Waals surface area contributed by atoms with Crippen LogP contribution in [0.4, 0.5) is 0 Å². The zero-order valence-electron chi connectivity index (χ0n) is 13.1. The minimum atomic E-state index is -0.462. The van der Waals surface area contributed by atoms with Crippen LogP contribution in [0.15, 0.2) is 33.5 Å². The zero-order chi connectivity index (χ0) is 16.7. The predicted octanol–water partition coefficient (Wildman–Crippen LogP) is 3.95. The summed E-state index contributed by atoms with van der Waals surface area (Å²) in [4.78, 5) is 25.5. The minimum Gasteiger partial charge on any atom is -0.466 e. The van der Waals surface area contributed by atoms with E-state index >= 15 is 0 Å². The van der Waals surface area contributed by atoms with Gasteiger partial charge in [-0.1, -0.05) is 30.2 Å². The van der Waals surface area contributed by atoms with E-state index in [0.717, 1.165) is 24.8 Å². The number of carbonyl (C=O) groups excluding carboxylic acids is 1. The third-order valence-corrected chi connectivity index (χ3v) is 3.70. The average Bonchev–Trinajstić information content (AvgIpc) is 2.89. The normalized spacial score (nSPS) is 10.7. The van der Waals surface area contributed by atoms with Crippen LogP contribution in [0, 0.1) is 0 Å². The highest BCUT2D eigenvalue weighted by molar-refractivity contribution is 6.30. The Morgan fingerprint density at radius 2 is 1.96 bits per heavy atom. The van der Waals surface area contributed by atoms with Crippen LogP contribution in [0.2, 0.25) is 5.02 Å². The van der Waals surface area contributed by atoms with Crippen LogP contribution in [-0.4, -0.2) is 17.6 Å². The third kappa shape index (κ3) is 5.28. The number of aryl methyl sites for hydroxylation is 1. The molecule has 1 N–H and O–H groups in total. The molecule has 0 spiro atoms. The summed E-state index contributed by atoms with van der Waals surface area (Å²) in [6.45, 7) is 2.21. The first-order valence-corrected chi connectivity index (χ1v) is 8.11. The number of nitrogens with one attached hydrogen (secondary N) is 1. The lowest BCUT2D eigenvalue weighted by atomic mass is 10.1. The van der Waals surface area contributed by atoms with Crippen molar-refractivity contribution in [2.24, 2.45) is 0 Å². The van der Waals surface area contributed by atoms with Gasteiger partial charge < -0.3 is 9.15 Å². The van der Waals surface area contributed by atoms with Gasteiger partial charge in [0.2, 0.25) is 0 Å². The van der Waals surface area contributed by atoms with Crippen molar-refractivity contribution in [3.63, 3.8) is 0 Å². The van der Waals surface area contributed by atoms with Gasteiger partial charge in [-0.25, -0.2) is 4.79 Å². The van der Waals surface area contributed by atoms with Crippen LogP contribution in [0.25, 0.3) is 11.3 Å². The number of hydrogen-bond donors (Lipinski definition) is 1. The van der Waals surface area contributed by atoms with Crippen LogP contribution in [0.5, 0.6) is 0 Å². The molecule has 124 valence electrons. The van der Waals surface area contributed by atoms with Gasteiger partial charge in [-0.3, -0.25) is 9.78 Å². The molecule has 1 aromatic carbocycles. The third-order valence-electron chi connectivity index (χ3n) is 3.44. The number of aromatic amines is 1. The van der Waals surface area contributed by atoms with E-state index in [1.807, 2.05) is 12.1 Å². The van der Waals surface area contributed by atoms with Gasteiger partial charge in [-0.2, -0.15) is 0 Å². The smallest absolute Gasteiger partial charge is 0.416 e. The lowest BCUT2D eigenvalue weighted by Gasteiger charge is -2.03.